The number of aromatic carboxylic acids is 1. The Hall–Kier alpha value is -3.25. The van der Waals surface area contributed by atoms with Gasteiger partial charge in [-0.25, -0.2) is 13.6 Å². The van der Waals surface area contributed by atoms with Crippen LogP contribution in [0.2, 0.25) is 5.02 Å². The molecule has 0 aliphatic carbocycles. The van der Waals surface area contributed by atoms with Gasteiger partial charge in [0.25, 0.3) is 6.43 Å². The molecule has 2 aromatic rings. The molecule has 0 spiro atoms. The molecule has 1 amide bonds. The molecule has 0 saturated carbocycles. The van der Waals surface area contributed by atoms with Crippen molar-refractivity contribution < 1.29 is 23.5 Å². The third-order valence-electron chi connectivity index (χ3n) is 4.18. The predicted octanol–water partition coefficient (Wildman–Crippen LogP) is 6.52. The first kappa shape index (κ1) is 23.0. The summed E-state index contributed by atoms with van der Waals surface area (Å²) in [5, 5.41) is 11.9. The minimum absolute atomic E-state index is 0.0683. The van der Waals surface area contributed by atoms with Gasteiger partial charge in [-0.15, -0.1) is 0 Å². The van der Waals surface area contributed by atoms with Gasteiger partial charge in [-0.2, -0.15) is 0 Å². The van der Waals surface area contributed by atoms with Crippen LogP contribution < -0.4 is 5.32 Å². The molecule has 0 fully saturated rings. The van der Waals surface area contributed by atoms with Crippen LogP contribution in [0.15, 0.2) is 72.8 Å². The molecule has 0 heterocycles. The van der Waals surface area contributed by atoms with E-state index in [0.29, 0.717) is 21.9 Å². The fourth-order valence-electron chi connectivity index (χ4n) is 2.68. The molecular weight excluding hydrogens is 412 g/mol. The quantitative estimate of drug-likeness (QED) is 0.467. The van der Waals surface area contributed by atoms with Gasteiger partial charge in [0.05, 0.1) is 5.56 Å². The van der Waals surface area contributed by atoms with Crippen LogP contribution in [0.5, 0.6) is 0 Å². The molecule has 0 radical (unpaired) electrons. The number of nitrogens with one attached hydrogen (secondary N) is 1. The van der Waals surface area contributed by atoms with Gasteiger partial charge in [0.15, 0.2) is 0 Å². The van der Waals surface area contributed by atoms with Crippen molar-refractivity contribution in [2.45, 2.75) is 19.8 Å². The normalized spacial score (nSPS) is 12.0. The van der Waals surface area contributed by atoms with Gasteiger partial charge in [-0.05, 0) is 54.5 Å². The highest BCUT2D eigenvalue weighted by atomic mass is 35.5. The predicted molar refractivity (Wildman–Crippen MR) is 115 cm³/mol. The summed E-state index contributed by atoms with van der Waals surface area (Å²) in [6.45, 7) is 5.41. The summed E-state index contributed by atoms with van der Waals surface area (Å²) < 4.78 is 26.6. The van der Waals surface area contributed by atoms with Crippen molar-refractivity contribution in [1.82, 2.24) is 0 Å². The monoisotopic (exact) mass is 431 g/mol. The first-order valence-corrected chi connectivity index (χ1v) is 9.30. The van der Waals surface area contributed by atoms with Crippen LogP contribution >= 0.6 is 11.6 Å². The highest BCUT2D eigenvalue weighted by molar-refractivity contribution is 6.30. The summed E-state index contributed by atoms with van der Waals surface area (Å²) in [5.41, 5.74) is 1.86. The van der Waals surface area contributed by atoms with E-state index in [1.807, 2.05) is 0 Å². The first-order valence-electron chi connectivity index (χ1n) is 8.92. The van der Waals surface area contributed by atoms with Gasteiger partial charge < -0.3 is 10.4 Å². The maximum Gasteiger partial charge on any atom is 0.335 e. The molecule has 2 aromatic carbocycles. The van der Waals surface area contributed by atoms with E-state index >= 15 is 0 Å². The summed E-state index contributed by atoms with van der Waals surface area (Å²) in [7, 11) is 0. The minimum atomic E-state index is -2.66. The standard InChI is InChI=1S/C23H20ClF2NO3/c1-3-15(20-13-17(24)8-11-19(20)22(25)26)5-4-14(2)12-21(28)27-18-9-6-16(7-10-18)23(29)30/h3-11,13,22H,1,12H2,2H3,(H,27,28)(H,29,30)/b14-4+,15-5+. The van der Waals surface area contributed by atoms with Crippen molar-refractivity contribution in [3.63, 3.8) is 0 Å². The molecule has 0 unspecified atom stereocenters. The molecule has 0 aliphatic heterocycles. The number of benzene rings is 2. The number of allylic oxidation sites excluding steroid dienone is 4. The van der Waals surface area contributed by atoms with E-state index in [1.165, 1.54) is 48.5 Å². The topological polar surface area (TPSA) is 66.4 Å². The van der Waals surface area contributed by atoms with E-state index in [0.717, 1.165) is 0 Å². The Morgan fingerprint density at radius 3 is 2.40 bits per heavy atom. The maximum absolute atomic E-state index is 13.3. The van der Waals surface area contributed by atoms with Crippen LogP contribution in [0.4, 0.5) is 14.5 Å². The number of anilines is 1. The van der Waals surface area contributed by atoms with Crippen molar-refractivity contribution in [3.05, 3.63) is 94.6 Å². The van der Waals surface area contributed by atoms with E-state index in [9.17, 15) is 18.4 Å². The number of carboxylic acids is 1. The van der Waals surface area contributed by atoms with E-state index in [2.05, 4.69) is 11.9 Å². The zero-order chi connectivity index (χ0) is 22.3. The van der Waals surface area contributed by atoms with E-state index in [4.69, 9.17) is 16.7 Å². The molecule has 156 valence electrons. The van der Waals surface area contributed by atoms with Gasteiger partial charge in [0.2, 0.25) is 5.91 Å². The number of hydrogen-bond acceptors (Lipinski definition) is 2. The van der Waals surface area contributed by atoms with Crippen LogP contribution in [0.1, 0.15) is 41.3 Å². The Labute approximate surface area is 178 Å². The summed E-state index contributed by atoms with van der Waals surface area (Å²) in [6, 6.07) is 9.92. The average Bonchev–Trinajstić information content (AvgIpc) is 2.68. The third kappa shape index (κ3) is 6.39. The Bertz CT molecular complexity index is 1010. The van der Waals surface area contributed by atoms with Gasteiger partial charge in [0.1, 0.15) is 0 Å². The van der Waals surface area contributed by atoms with Gasteiger partial charge >= 0.3 is 5.97 Å². The largest absolute Gasteiger partial charge is 0.478 e. The number of rotatable bonds is 8. The zero-order valence-electron chi connectivity index (χ0n) is 16.2. The van der Waals surface area contributed by atoms with E-state index < -0.39 is 12.4 Å². The summed E-state index contributed by atoms with van der Waals surface area (Å²) in [4.78, 5) is 23.0. The van der Waals surface area contributed by atoms with Gasteiger partial charge in [0, 0.05) is 22.7 Å². The Morgan fingerprint density at radius 1 is 1.17 bits per heavy atom. The van der Waals surface area contributed by atoms with E-state index in [1.54, 1.807) is 19.1 Å². The lowest BCUT2D eigenvalue weighted by Crippen LogP contribution is -2.11. The number of halogens is 3. The zero-order valence-corrected chi connectivity index (χ0v) is 16.9. The second kappa shape index (κ2) is 10.5. The highest BCUT2D eigenvalue weighted by Crippen LogP contribution is 2.31. The number of carbonyl (C=O) groups is 2. The van der Waals surface area contributed by atoms with E-state index in [-0.39, 0.29) is 29.0 Å². The average molecular weight is 432 g/mol. The lowest BCUT2D eigenvalue weighted by Gasteiger charge is -2.10. The summed E-state index contributed by atoms with van der Waals surface area (Å²) >= 11 is 5.95. The number of carbonyl (C=O) groups excluding carboxylic acids is 1. The lowest BCUT2D eigenvalue weighted by molar-refractivity contribution is -0.115. The fraction of sp³-hybridized carbons (Fsp3) is 0.130. The van der Waals surface area contributed by atoms with Crippen molar-refractivity contribution in [2.75, 3.05) is 5.32 Å². The van der Waals surface area contributed by atoms with Crippen LogP contribution in [-0.4, -0.2) is 17.0 Å². The number of amides is 1. The number of alkyl halides is 2. The van der Waals surface area contributed by atoms with Crippen LogP contribution in [0.3, 0.4) is 0 Å². The fourth-order valence-corrected chi connectivity index (χ4v) is 2.85. The summed E-state index contributed by atoms with van der Waals surface area (Å²) in [6.07, 6.45) is 2.11. The Morgan fingerprint density at radius 2 is 1.83 bits per heavy atom. The van der Waals surface area contributed by atoms with Crippen molar-refractivity contribution in [2.24, 2.45) is 0 Å². The molecule has 0 aromatic heterocycles. The van der Waals surface area contributed by atoms with Gasteiger partial charge in [-0.1, -0.05) is 48.0 Å². The molecule has 30 heavy (non-hydrogen) atoms. The minimum Gasteiger partial charge on any atom is -0.478 e. The third-order valence-corrected chi connectivity index (χ3v) is 4.42. The lowest BCUT2D eigenvalue weighted by atomic mass is 9.99. The summed E-state index contributed by atoms with van der Waals surface area (Å²) in [5.74, 6) is -1.34. The highest BCUT2D eigenvalue weighted by Gasteiger charge is 2.15. The van der Waals surface area contributed by atoms with Crippen molar-refractivity contribution >= 4 is 34.7 Å². The molecule has 7 heteroatoms. The molecule has 0 atom stereocenters. The Kier molecular flexibility index (Phi) is 8.07. The molecule has 0 bridgehead atoms. The first-order chi connectivity index (χ1) is 14.2. The number of hydrogen-bond donors (Lipinski definition) is 2. The molecule has 4 nitrogen and oxygen atoms in total. The molecule has 0 aliphatic rings. The molecular formula is C23H20ClF2NO3. The second-order valence-corrected chi connectivity index (χ2v) is 6.92. The van der Waals surface area contributed by atoms with Crippen LogP contribution in [0.25, 0.3) is 5.57 Å². The molecule has 0 saturated heterocycles. The van der Waals surface area contributed by atoms with Crippen molar-refractivity contribution in [1.29, 1.82) is 0 Å². The SMILES string of the molecule is C=C/C(=C\C=C(/C)CC(=O)Nc1ccc(C(=O)O)cc1)c1cc(Cl)ccc1C(F)F. The van der Waals surface area contributed by atoms with Crippen LogP contribution in [0, 0.1) is 0 Å². The van der Waals surface area contributed by atoms with Crippen LogP contribution in [-0.2, 0) is 4.79 Å². The van der Waals surface area contributed by atoms with Crippen molar-refractivity contribution in [3.8, 4) is 0 Å². The second-order valence-electron chi connectivity index (χ2n) is 6.48. The number of carboxylic acid groups (broad SMARTS) is 1. The smallest absolute Gasteiger partial charge is 0.335 e. The molecule has 2 N–H and O–H groups in total. The van der Waals surface area contributed by atoms with Gasteiger partial charge in [-0.3, -0.25) is 4.79 Å². The maximum atomic E-state index is 13.3. The Balaban J connectivity index is 2.13. The molecule has 2 rings (SSSR count).